The molecule has 0 unspecified atom stereocenters. The number of unbranched alkanes of at least 4 members (excludes halogenated alkanes) is 3. The van der Waals surface area contributed by atoms with E-state index in [9.17, 15) is 9.59 Å². The molecule has 0 fully saturated rings. The van der Waals surface area contributed by atoms with Gasteiger partial charge >= 0.3 is 5.97 Å². The number of aromatic nitrogens is 1. The maximum atomic E-state index is 11.5. The molecule has 0 bridgehead atoms. The van der Waals surface area contributed by atoms with E-state index in [0.29, 0.717) is 12.8 Å². The van der Waals surface area contributed by atoms with Crippen molar-refractivity contribution in [3.63, 3.8) is 0 Å². The monoisotopic (exact) mass is 250 g/mol. The van der Waals surface area contributed by atoms with Crippen LogP contribution in [0.4, 0.5) is 5.69 Å². The lowest BCUT2D eigenvalue weighted by Gasteiger charge is -2.04. The van der Waals surface area contributed by atoms with Crippen LogP contribution in [0.2, 0.25) is 0 Å². The number of aliphatic carboxylic acids is 1. The molecule has 1 aromatic heterocycles. The fourth-order valence-electron chi connectivity index (χ4n) is 1.57. The summed E-state index contributed by atoms with van der Waals surface area (Å²) in [6, 6.07) is 3.48. The Balaban J connectivity index is 2.05. The minimum Gasteiger partial charge on any atom is -0.481 e. The highest BCUT2D eigenvalue weighted by Gasteiger charge is 2.02. The molecule has 0 aliphatic heterocycles. The zero-order chi connectivity index (χ0) is 13.2. The zero-order valence-corrected chi connectivity index (χ0v) is 10.3. The molecule has 2 N–H and O–H groups in total. The Hall–Kier alpha value is -1.91. The molecule has 0 radical (unpaired) electrons. The quantitative estimate of drug-likeness (QED) is 0.694. The van der Waals surface area contributed by atoms with Crippen molar-refractivity contribution in [2.75, 3.05) is 5.32 Å². The van der Waals surface area contributed by atoms with Crippen molar-refractivity contribution in [2.24, 2.45) is 0 Å². The van der Waals surface area contributed by atoms with Crippen molar-refractivity contribution in [3.05, 3.63) is 24.5 Å². The molecule has 18 heavy (non-hydrogen) atoms. The molecule has 5 heteroatoms. The minimum absolute atomic E-state index is 0.0144. The Labute approximate surface area is 106 Å². The molecule has 0 spiro atoms. The van der Waals surface area contributed by atoms with Crippen molar-refractivity contribution < 1.29 is 14.7 Å². The average molecular weight is 250 g/mol. The minimum atomic E-state index is -0.759. The van der Waals surface area contributed by atoms with E-state index < -0.39 is 5.97 Å². The van der Waals surface area contributed by atoms with E-state index in [1.807, 2.05) is 0 Å². The average Bonchev–Trinajstić information content (AvgIpc) is 2.34. The van der Waals surface area contributed by atoms with Gasteiger partial charge in [0.1, 0.15) is 0 Å². The summed E-state index contributed by atoms with van der Waals surface area (Å²) < 4.78 is 0. The first-order valence-electron chi connectivity index (χ1n) is 6.10. The Bertz CT molecular complexity index is 379. The molecule has 0 atom stereocenters. The highest BCUT2D eigenvalue weighted by atomic mass is 16.4. The molecule has 5 nitrogen and oxygen atoms in total. The number of carboxylic acids is 1. The smallest absolute Gasteiger partial charge is 0.303 e. The van der Waals surface area contributed by atoms with Crippen LogP contribution in [0, 0.1) is 0 Å². The number of carbonyl (C=O) groups excluding carboxylic acids is 1. The standard InChI is InChI=1S/C13H18N2O3/c16-12(15-11-7-9-14-10-8-11)5-3-1-2-4-6-13(17)18/h7-10H,1-6H2,(H,17,18)(H,14,15,16). The van der Waals surface area contributed by atoms with Gasteiger partial charge in [-0.15, -0.1) is 0 Å². The van der Waals surface area contributed by atoms with Gasteiger partial charge in [-0.3, -0.25) is 14.6 Å². The number of carbonyl (C=O) groups is 2. The molecule has 1 amide bonds. The number of carboxylic acid groups (broad SMARTS) is 1. The van der Waals surface area contributed by atoms with Gasteiger partial charge in [0.2, 0.25) is 5.91 Å². The van der Waals surface area contributed by atoms with Crippen molar-refractivity contribution >= 4 is 17.6 Å². The molecule has 0 aliphatic carbocycles. The molecule has 0 saturated heterocycles. The predicted octanol–water partition coefficient (Wildman–Crippen LogP) is 2.45. The van der Waals surface area contributed by atoms with Crippen LogP contribution in [-0.2, 0) is 9.59 Å². The van der Waals surface area contributed by atoms with Crippen LogP contribution in [-0.4, -0.2) is 22.0 Å². The predicted molar refractivity (Wildman–Crippen MR) is 68.2 cm³/mol. The van der Waals surface area contributed by atoms with Crippen LogP contribution >= 0.6 is 0 Å². The number of rotatable bonds is 8. The van der Waals surface area contributed by atoms with Gasteiger partial charge in [0.25, 0.3) is 0 Å². The number of pyridine rings is 1. The van der Waals surface area contributed by atoms with Gasteiger partial charge in [-0.05, 0) is 25.0 Å². The molecule has 1 rings (SSSR count). The fourth-order valence-corrected chi connectivity index (χ4v) is 1.57. The van der Waals surface area contributed by atoms with Gasteiger partial charge in [0, 0.05) is 30.9 Å². The summed E-state index contributed by atoms with van der Waals surface area (Å²) in [5.74, 6) is -0.773. The number of hydrogen-bond acceptors (Lipinski definition) is 3. The maximum absolute atomic E-state index is 11.5. The molecule has 1 aromatic rings. The summed E-state index contributed by atoms with van der Waals surface area (Å²) in [4.78, 5) is 25.7. The second-order valence-corrected chi connectivity index (χ2v) is 4.09. The molecule has 0 saturated carbocycles. The molecule has 0 aromatic carbocycles. The number of nitrogens with one attached hydrogen (secondary N) is 1. The summed E-state index contributed by atoms with van der Waals surface area (Å²) in [5.41, 5.74) is 0.751. The molecule has 1 heterocycles. The van der Waals surface area contributed by atoms with Gasteiger partial charge in [-0.25, -0.2) is 0 Å². The van der Waals surface area contributed by atoms with Gasteiger partial charge < -0.3 is 10.4 Å². The van der Waals surface area contributed by atoms with Crippen molar-refractivity contribution in [2.45, 2.75) is 38.5 Å². The Morgan fingerprint density at radius 3 is 2.28 bits per heavy atom. The van der Waals surface area contributed by atoms with Crippen LogP contribution in [0.25, 0.3) is 0 Å². The van der Waals surface area contributed by atoms with Gasteiger partial charge in [-0.2, -0.15) is 0 Å². The lowest BCUT2D eigenvalue weighted by molar-refractivity contribution is -0.137. The third-order valence-electron chi connectivity index (χ3n) is 2.51. The lowest BCUT2D eigenvalue weighted by Crippen LogP contribution is -2.10. The highest BCUT2D eigenvalue weighted by molar-refractivity contribution is 5.90. The second kappa shape index (κ2) is 8.22. The number of nitrogens with zero attached hydrogens (tertiary/aromatic N) is 1. The van der Waals surface area contributed by atoms with E-state index in [1.165, 1.54) is 0 Å². The summed E-state index contributed by atoms with van der Waals surface area (Å²) in [7, 11) is 0. The number of anilines is 1. The second-order valence-electron chi connectivity index (χ2n) is 4.09. The van der Waals surface area contributed by atoms with Crippen LogP contribution in [0.1, 0.15) is 38.5 Å². The third-order valence-corrected chi connectivity index (χ3v) is 2.51. The van der Waals surface area contributed by atoms with Crippen LogP contribution in [0.5, 0.6) is 0 Å². The topological polar surface area (TPSA) is 79.3 Å². The van der Waals surface area contributed by atoms with E-state index in [1.54, 1.807) is 24.5 Å². The number of amides is 1. The Morgan fingerprint density at radius 2 is 1.67 bits per heavy atom. The molecule has 98 valence electrons. The summed E-state index contributed by atoms with van der Waals surface area (Å²) in [6.07, 6.45) is 7.14. The lowest BCUT2D eigenvalue weighted by atomic mass is 10.1. The first-order chi connectivity index (χ1) is 8.68. The van der Waals surface area contributed by atoms with Gasteiger partial charge in [0.05, 0.1) is 0 Å². The van der Waals surface area contributed by atoms with Crippen molar-refractivity contribution in [3.8, 4) is 0 Å². The summed E-state index contributed by atoms with van der Waals surface area (Å²) in [6.45, 7) is 0. The van der Waals surface area contributed by atoms with Crippen LogP contribution < -0.4 is 5.32 Å². The van der Waals surface area contributed by atoms with E-state index in [0.717, 1.165) is 24.9 Å². The third kappa shape index (κ3) is 6.62. The van der Waals surface area contributed by atoms with Crippen molar-refractivity contribution in [1.82, 2.24) is 4.98 Å². The van der Waals surface area contributed by atoms with Crippen LogP contribution in [0.3, 0.4) is 0 Å². The maximum Gasteiger partial charge on any atom is 0.303 e. The van der Waals surface area contributed by atoms with E-state index in [2.05, 4.69) is 10.3 Å². The first-order valence-corrected chi connectivity index (χ1v) is 6.10. The van der Waals surface area contributed by atoms with Crippen LogP contribution in [0.15, 0.2) is 24.5 Å². The summed E-state index contributed by atoms with van der Waals surface area (Å²) >= 11 is 0. The van der Waals surface area contributed by atoms with E-state index in [4.69, 9.17) is 5.11 Å². The van der Waals surface area contributed by atoms with E-state index in [-0.39, 0.29) is 12.3 Å². The normalized spacial score (nSPS) is 10.0. The first kappa shape index (κ1) is 14.2. The molecular weight excluding hydrogens is 232 g/mol. The summed E-state index contributed by atoms with van der Waals surface area (Å²) in [5, 5.41) is 11.2. The Morgan fingerprint density at radius 1 is 1.06 bits per heavy atom. The van der Waals surface area contributed by atoms with Gasteiger partial charge in [-0.1, -0.05) is 12.8 Å². The van der Waals surface area contributed by atoms with Crippen molar-refractivity contribution in [1.29, 1.82) is 0 Å². The largest absolute Gasteiger partial charge is 0.481 e. The fraction of sp³-hybridized carbons (Fsp3) is 0.462. The Kier molecular flexibility index (Phi) is 6.46. The molecular formula is C13H18N2O3. The number of hydrogen-bond donors (Lipinski definition) is 2. The SMILES string of the molecule is O=C(O)CCCCCCC(=O)Nc1ccncc1. The molecule has 0 aliphatic rings. The van der Waals surface area contributed by atoms with Gasteiger partial charge in [0.15, 0.2) is 0 Å². The van der Waals surface area contributed by atoms with E-state index >= 15 is 0 Å². The highest BCUT2D eigenvalue weighted by Crippen LogP contribution is 2.08. The zero-order valence-electron chi connectivity index (χ0n) is 10.3.